The van der Waals surface area contributed by atoms with Crippen molar-refractivity contribution in [3.63, 3.8) is 0 Å². The zero-order chi connectivity index (χ0) is 12.3. The topological polar surface area (TPSA) is 38.3 Å². The fraction of sp³-hybridized carbons (Fsp3) is 0.462. The molecule has 1 fully saturated rings. The Kier molecular flexibility index (Phi) is 3.89. The molecule has 0 unspecified atom stereocenters. The Morgan fingerprint density at radius 1 is 1.47 bits per heavy atom. The molecule has 3 nitrogen and oxygen atoms in total. The first-order chi connectivity index (χ1) is 8.15. The Balaban J connectivity index is 1.82. The fourth-order valence-corrected chi connectivity index (χ4v) is 2.11. The molecule has 92 valence electrons. The maximum absolute atomic E-state index is 10.9. The summed E-state index contributed by atoms with van der Waals surface area (Å²) < 4.78 is 5.10. The van der Waals surface area contributed by atoms with Crippen LogP contribution in [0.2, 0.25) is 5.02 Å². The lowest BCUT2D eigenvalue weighted by molar-refractivity contribution is 0.133. The van der Waals surface area contributed by atoms with Crippen molar-refractivity contribution in [2.45, 2.75) is 31.8 Å². The van der Waals surface area contributed by atoms with E-state index in [0.717, 1.165) is 17.9 Å². The van der Waals surface area contributed by atoms with Crippen LogP contribution < -0.4 is 5.32 Å². The molecule has 0 aliphatic carbocycles. The van der Waals surface area contributed by atoms with Crippen molar-refractivity contribution in [2.24, 2.45) is 0 Å². The highest BCUT2D eigenvalue weighted by atomic mass is 35.5. The van der Waals surface area contributed by atoms with Crippen molar-refractivity contribution in [3.05, 3.63) is 34.9 Å². The Bertz CT molecular complexity index is 391. The van der Waals surface area contributed by atoms with Crippen molar-refractivity contribution in [3.8, 4) is 0 Å². The number of amides is 1. The van der Waals surface area contributed by atoms with Gasteiger partial charge in [0, 0.05) is 5.02 Å². The van der Waals surface area contributed by atoms with Gasteiger partial charge in [0.1, 0.15) is 6.10 Å². The van der Waals surface area contributed by atoms with Gasteiger partial charge in [0.2, 0.25) is 0 Å². The zero-order valence-corrected chi connectivity index (χ0v) is 10.5. The second-order valence-electron chi connectivity index (χ2n) is 4.44. The predicted molar refractivity (Wildman–Crippen MR) is 67.4 cm³/mol. The van der Waals surface area contributed by atoms with E-state index >= 15 is 0 Å². The van der Waals surface area contributed by atoms with Crippen LogP contribution in [0, 0.1) is 0 Å². The lowest BCUT2D eigenvalue weighted by atomic mass is 9.95. The van der Waals surface area contributed by atoms with Crippen LogP contribution in [0.1, 0.15) is 31.2 Å². The third kappa shape index (κ3) is 3.37. The molecule has 2 rings (SSSR count). The van der Waals surface area contributed by atoms with E-state index in [9.17, 15) is 4.79 Å². The van der Waals surface area contributed by atoms with Gasteiger partial charge >= 0.3 is 6.09 Å². The van der Waals surface area contributed by atoms with Crippen LogP contribution >= 0.6 is 11.6 Å². The molecule has 0 aromatic heterocycles. The molecule has 1 aliphatic rings. The first-order valence-corrected chi connectivity index (χ1v) is 6.23. The van der Waals surface area contributed by atoms with E-state index in [0.29, 0.717) is 12.5 Å². The number of carbonyl (C=O) groups is 1. The molecule has 1 aromatic rings. The van der Waals surface area contributed by atoms with Crippen LogP contribution in [0.5, 0.6) is 0 Å². The van der Waals surface area contributed by atoms with Crippen LogP contribution in [-0.4, -0.2) is 18.7 Å². The number of alkyl carbamates (subject to hydrolysis) is 1. The normalized spacial score (nSPS) is 20.8. The van der Waals surface area contributed by atoms with E-state index in [2.05, 4.69) is 12.2 Å². The molecule has 0 spiro atoms. The lowest BCUT2D eigenvalue weighted by Crippen LogP contribution is -2.15. The Morgan fingerprint density at radius 3 is 2.76 bits per heavy atom. The van der Waals surface area contributed by atoms with Gasteiger partial charge in [-0.15, -0.1) is 0 Å². The SMILES string of the molecule is C[C@H](CC[C@@H]1CNC(=O)O1)c1ccc(Cl)cc1. The summed E-state index contributed by atoms with van der Waals surface area (Å²) in [6.07, 6.45) is 1.62. The fourth-order valence-electron chi connectivity index (χ4n) is 1.99. The summed E-state index contributed by atoms with van der Waals surface area (Å²) in [5, 5.41) is 3.42. The number of carbonyl (C=O) groups excluding carboxylic acids is 1. The number of rotatable bonds is 4. The number of cyclic esters (lactones) is 1. The Morgan fingerprint density at radius 2 is 2.18 bits per heavy atom. The number of nitrogens with one attached hydrogen (secondary N) is 1. The number of hydrogen-bond acceptors (Lipinski definition) is 2. The summed E-state index contributed by atoms with van der Waals surface area (Å²) in [5.74, 6) is 0.451. The molecule has 1 amide bonds. The predicted octanol–water partition coefficient (Wildman–Crippen LogP) is 3.33. The van der Waals surface area contributed by atoms with Crippen LogP contribution in [0.15, 0.2) is 24.3 Å². The molecule has 0 saturated carbocycles. The molecular weight excluding hydrogens is 238 g/mol. The number of halogens is 1. The van der Waals surface area contributed by atoms with Gasteiger partial charge in [-0.25, -0.2) is 4.79 Å². The van der Waals surface area contributed by atoms with Crippen LogP contribution in [0.25, 0.3) is 0 Å². The number of benzene rings is 1. The largest absolute Gasteiger partial charge is 0.444 e. The first-order valence-electron chi connectivity index (χ1n) is 5.85. The third-order valence-corrected chi connectivity index (χ3v) is 3.36. The molecule has 1 heterocycles. The second kappa shape index (κ2) is 5.41. The van der Waals surface area contributed by atoms with Crippen molar-refractivity contribution in [2.75, 3.05) is 6.54 Å². The molecule has 1 saturated heterocycles. The minimum absolute atomic E-state index is 0.0252. The van der Waals surface area contributed by atoms with E-state index in [1.807, 2.05) is 24.3 Å². The average Bonchev–Trinajstić information content (AvgIpc) is 2.73. The highest BCUT2D eigenvalue weighted by Crippen LogP contribution is 2.24. The molecule has 1 aromatic carbocycles. The standard InChI is InChI=1S/C13H16ClNO2/c1-9(10-3-5-11(14)6-4-10)2-7-12-8-15-13(16)17-12/h3-6,9,12H,2,7-8H2,1H3,(H,15,16)/t9-,12-/m1/s1. The van der Waals surface area contributed by atoms with Gasteiger partial charge in [-0.3, -0.25) is 0 Å². The van der Waals surface area contributed by atoms with E-state index in [1.165, 1.54) is 5.56 Å². The van der Waals surface area contributed by atoms with Crippen molar-refractivity contribution >= 4 is 17.7 Å². The van der Waals surface area contributed by atoms with Gasteiger partial charge in [0.25, 0.3) is 0 Å². The van der Waals surface area contributed by atoms with E-state index < -0.39 is 0 Å². The smallest absolute Gasteiger partial charge is 0.407 e. The first kappa shape index (κ1) is 12.2. The maximum Gasteiger partial charge on any atom is 0.407 e. The average molecular weight is 254 g/mol. The highest BCUT2D eigenvalue weighted by Gasteiger charge is 2.22. The molecule has 0 bridgehead atoms. The Labute approximate surface area is 106 Å². The zero-order valence-electron chi connectivity index (χ0n) is 9.78. The molecule has 2 atom stereocenters. The summed E-state index contributed by atoms with van der Waals surface area (Å²) in [4.78, 5) is 10.9. The minimum atomic E-state index is -0.297. The summed E-state index contributed by atoms with van der Waals surface area (Å²) in [7, 11) is 0. The van der Waals surface area contributed by atoms with Crippen LogP contribution in [0.4, 0.5) is 4.79 Å². The van der Waals surface area contributed by atoms with Gasteiger partial charge in [-0.1, -0.05) is 30.7 Å². The highest BCUT2D eigenvalue weighted by molar-refractivity contribution is 6.30. The summed E-state index contributed by atoms with van der Waals surface area (Å²) in [6, 6.07) is 7.91. The minimum Gasteiger partial charge on any atom is -0.444 e. The number of ether oxygens (including phenoxy) is 1. The third-order valence-electron chi connectivity index (χ3n) is 3.11. The van der Waals surface area contributed by atoms with Crippen molar-refractivity contribution in [1.29, 1.82) is 0 Å². The summed E-state index contributed by atoms with van der Waals surface area (Å²) in [5.41, 5.74) is 1.27. The van der Waals surface area contributed by atoms with E-state index in [-0.39, 0.29) is 12.2 Å². The lowest BCUT2D eigenvalue weighted by Gasteiger charge is -2.14. The van der Waals surface area contributed by atoms with Gasteiger partial charge in [0.15, 0.2) is 0 Å². The molecule has 1 N–H and O–H groups in total. The van der Waals surface area contributed by atoms with Crippen molar-refractivity contribution in [1.82, 2.24) is 5.32 Å². The number of hydrogen-bond donors (Lipinski definition) is 1. The molecular formula is C13H16ClNO2. The van der Waals surface area contributed by atoms with Crippen molar-refractivity contribution < 1.29 is 9.53 Å². The quantitative estimate of drug-likeness (QED) is 0.894. The summed E-state index contributed by atoms with van der Waals surface area (Å²) >= 11 is 5.85. The van der Waals surface area contributed by atoms with E-state index in [1.54, 1.807) is 0 Å². The Hall–Kier alpha value is -1.22. The van der Waals surface area contributed by atoms with E-state index in [4.69, 9.17) is 16.3 Å². The summed E-state index contributed by atoms with van der Waals surface area (Å²) in [6.45, 7) is 2.81. The molecule has 0 radical (unpaired) electrons. The van der Waals surface area contributed by atoms with Gasteiger partial charge < -0.3 is 10.1 Å². The molecule has 1 aliphatic heterocycles. The monoisotopic (exact) mass is 253 g/mol. The van der Waals surface area contributed by atoms with Gasteiger partial charge in [-0.05, 0) is 36.5 Å². The molecule has 4 heteroatoms. The van der Waals surface area contributed by atoms with Gasteiger partial charge in [0.05, 0.1) is 6.54 Å². The second-order valence-corrected chi connectivity index (χ2v) is 4.87. The van der Waals surface area contributed by atoms with Crippen LogP contribution in [-0.2, 0) is 4.74 Å². The van der Waals surface area contributed by atoms with Gasteiger partial charge in [-0.2, -0.15) is 0 Å². The molecule has 17 heavy (non-hydrogen) atoms. The maximum atomic E-state index is 10.9. The van der Waals surface area contributed by atoms with Crippen LogP contribution in [0.3, 0.4) is 0 Å².